The van der Waals surface area contributed by atoms with Crippen molar-refractivity contribution in [3.8, 4) is 0 Å². The van der Waals surface area contributed by atoms with Gasteiger partial charge in [-0.3, -0.25) is 0 Å². The fraction of sp³-hybridized carbons (Fsp3) is 1.00. The molecule has 0 heterocycles. The molecule has 0 saturated carbocycles. The Morgan fingerprint density at radius 3 is 2.17 bits per heavy atom. The summed E-state index contributed by atoms with van der Waals surface area (Å²) >= 11 is 0. The van der Waals surface area contributed by atoms with E-state index in [1.54, 1.807) is 0 Å². The summed E-state index contributed by atoms with van der Waals surface area (Å²) in [4.78, 5) is 0. The van der Waals surface area contributed by atoms with E-state index in [2.05, 4.69) is 5.32 Å². The molecule has 0 bridgehead atoms. The molecule has 0 aromatic carbocycles. The monoisotopic (exact) mass is 191 g/mol. The normalized spacial score (nSPS) is 11.0. The summed E-state index contributed by atoms with van der Waals surface area (Å²) in [5, 5.41) is 3.12. The number of hydrogen-bond donors (Lipinski definition) is 1. The largest absolute Gasteiger partial charge is 0.397 e. The zero-order valence-corrected chi connectivity index (χ0v) is 9.58. The molecule has 0 rings (SSSR count). The van der Waals surface area contributed by atoms with Gasteiger partial charge in [-0.05, 0) is 39.9 Å². The van der Waals surface area contributed by atoms with Crippen molar-refractivity contribution in [2.24, 2.45) is 0 Å². The van der Waals surface area contributed by atoms with E-state index in [0.717, 1.165) is 32.2 Å². The third kappa shape index (κ3) is 6.79. The predicted molar refractivity (Wildman–Crippen MR) is 53.8 cm³/mol. The molecule has 0 amide bonds. The second kappa shape index (κ2) is 9.19. The minimum atomic E-state index is -1.31. The zero-order chi connectivity index (χ0) is 9.23. The van der Waals surface area contributed by atoms with E-state index in [4.69, 9.17) is 8.85 Å². The molecule has 0 aliphatic heterocycles. The molecule has 1 N–H and O–H groups in total. The van der Waals surface area contributed by atoms with Crippen molar-refractivity contribution in [2.45, 2.75) is 26.3 Å². The van der Waals surface area contributed by atoms with Gasteiger partial charge in [0.1, 0.15) is 0 Å². The van der Waals surface area contributed by atoms with E-state index < -0.39 is 9.28 Å². The van der Waals surface area contributed by atoms with Gasteiger partial charge in [-0.25, -0.2) is 0 Å². The van der Waals surface area contributed by atoms with Crippen molar-refractivity contribution in [3.05, 3.63) is 0 Å². The van der Waals surface area contributed by atoms with Gasteiger partial charge >= 0.3 is 9.28 Å². The van der Waals surface area contributed by atoms with Crippen LogP contribution in [0.15, 0.2) is 0 Å². The Hall–Kier alpha value is 0.0969. The molecule has 0 fully saturated rings. The molecule has 3 nitrogen and oxygen atoms in total. The van der Waals surface area contributed by atoms with Gasteiger partial charge in [-0.1, -0.05) is 0 Å². The standard InChI is InChI=1S/C8H21NO2Si/c1-4-10-12(11-5-2)8-6-7-9-3/h9,12H,4-8H2,1-3H3. The van der Waals surface area contributed by atoms with Gasteiger partial charge in [-0.15, -0.1) is 0 Å². The van der Waals surface area contributed by atoms with Crippen LogP contribution in [0.1, 0.15) is 20.3 Å². The van der Waals surface area contributed by atoms with Gasteiger partial charge in [0.15, 0.2) is 0 Å². The number of nitrogens with one attached hydrogen (secondary N) is 1. The van der Waals surface area contributed by atoms with E-state index in [9.17, 15) is 0 Å². The highest BCUT2D eigenvalue weighted by Crippen LogP contribution is 2.00. The summed E-state index contributed by atoms with van der Waals surface area (Å²) in [6.45, 7) is 6.69. The van der Waals surface area contributed by atoms with Crippen LogP contribution in [0.5, 0.6) is 0 Å². The Morgan fingerprint density at radius 1 is 1.17 bits per heavy atom. The summed E-state index contributed by atoms with van der Waals surface area (Å²) in [6, 6.07) is 1.11. The van der Waals surface area contributed by atoms with Crippen LogP contribution in [-0.4, -0.2) is 36.1 Å². The Balaban J connectivity index is 3.34. The first-order chi connectivity index (χ1) is 5.85. The van der Waals surface area contributed by atoms with Crippen molar-refractivity contribution in [1.29, 1.82) is 0 Å². The molecule has 0 aliphatic carbocycles. The van der Waals surface area contributed by atoms with Gasteiger partial charge in [0.25, 0.3) is 0 Å². The molecular formula is C8H21NO2Si. The van der Waals surface area contributed by atoms with Crippen LogP contribution in [-0.2, 0) is 8.85 Å². The SMILES string of the molecule is CCO[SiH](CCCNC)OCC. The van der Waals surface area contributed by atoms with E-state index in [1.807, 2.05) is 20.9 Å². The van der Waals surface area contributed by atoms with Crippen LogP contribution in [0.25, 0.3) is 0 Å². The Bertz CT molecular complexity index is 87.1. The first-order valence-corrected chi connectivity index (χ1v) is 6.48. The topological polar surface area (TPSA) is 30.5 Å². The molecule has 74 valence electrons. The second-order valence-corrected chi connectivity index (χ2v) is 4.69. The number of hydrogen-bond acceptors (Lipinski definition) is 3. The van der Waals surface area contributed by atoms with E-state index in [-0.39, 0.29) is 0 Å². The van der Waals surface area contributed by atoms with Crippen LogP contribution in [0.3, 0.4) is 0 Å². The highest BCUT2D eigenvalue weighted by molar-refractivity contribution is 6.44. The fourth-order valence-corrected chi connectivity index (χ4v) is 2.74. The summed E-state index contributed by atoms with van der Waals surface area (Å²) in [6.07, 6.45) is 1.16. The van der Waals surface area contributed by atoms with Crippen molar-refractivity contribution < 1.29 is 8.85 Å². The Kier molecular flexibility index (Phi) is 9.26. The van der Waals surface area contributed by atoms with Crippen molar-refractivity contribution in [1.82, 2.24) is 5.32 Å². The van der Waals surface area contributed by atoms with Crippen LogP contribution in [0, 0.1) is 0 Å². The Morgan fingerprint density at radius 2 is 1.75 bits per heavy atom. The summed E-state index contributed by atoms with van der Waals surface area (Å²) in [5.41, 5.74) is 0. The molecule has 0 saturated heterocycles. The first-order valence-electron chi connectivity index (χ1n) is 4.72. The summed E-state index contributed by atoms with van der Waals surface area (Å²) in [7, 11) is 0.665. The highest BCUT2D eigenvalue weighted by Gasteiger charge is 2.10. The van der Waals surface area contributed by atoms with E-state index in [1.165, 1.54) is 0 Å². The lowest BCUT2D eigenvalue weighted by Crippen LogP contribution is -2.24. The van der Waals surface area contributed by atoms with Gasteiger partial charge < -0.3 is 14.2 Å². The van der Waals surface area contributed by atoms with Gasteiger partial charge in [-0.2, -0.15) is 0 Å². The predicted octanol–water partition coefficient (Wildman–Crippen LogP) is 0.889. The maximum Gasteiger partial charge on any atom is 0.321 e. The van der Waals surface area contributed by atoms with Crippen LogP contribution >= 0.6 is 0 Å². The summed E-state index contributed by atoms with van der Waals surface area (Å²) < 4.78 is 11.0. The Labute approximate surface area is 77.3 Å². The molecule has 0 aliphatic rings. The average molecular weight is 191 g/mol. The quantitative estimate of drug-likeness (QED) is 0.456. The third-order valence-corrected chi connectivity index (χ3v) is 3.86. The maximum atomic E-state index is 5.52. The van der Waals surface area contributed by atoms with Crippen LogP contribution < -0.4 is 5.32 Å². The molecule has 0 spiro atoms. The maximum absolute atomic E-state index is 5.52. The zero-order valence-electron chi connectivity index (χ0n) is 8.43. The van der Waals surface area contributed by atoms with E-state index in [0.29, 0.717) is 0 Å². The van der Waals surface area contributed by atoms with Gasteiger partial charge in [0.2, 0.25) is 0 Å². The minimum Gasteiger partial charge on any atom is -0.397 e. The molecule has 0 unspecified atom stereocenters. The average Bonchev–Trinajstić information content (AvgIpc) is 2.06. The summed E-state index contributed by atoms with van der Waals surface area (Å²) in [5.74, 6) is 0. The van der Waals surface area contributed by atoms with Crippen LogP contribution in [0.2, 0.25) is 6.04 Å². The molecule has 0 aromatic rings. The second-order valence-electron chi connectivity index (χ2n) is 2.59. The van der Waals surface area contributed by atoms with Crippen LogP contribution in [0.4, 0.5) is 0 Å². The third-order valence-electron chi connectivity index (χ3n) is 1.57. The fourth-order valence-electron chi connectivity index (χ4n) is 1.03. The molecule has 0 atom stereocenters. The molecular weight excluding hydrogens is 170 g/mol. The minimum absolute atomic E-state index is 0.788. The van der Waals surface area contributed by atoms with Gasteiger partial charge in [0, 0.05) is 13.2 Å². The lowest BCUT2D eigenvalue weighted by molar-refractivity contribution is 0.213. The molecule has 0 radical (unpaired) electrons. The lowest BCUT2D eigenvalue weighted by Gasteiger charge is -2.13. The molecule has 0 aromatic heterocycles. The van der Waals surface area contributed by atoms with Gasteiger partial charge in [0.05, 0.1) is 0 Å². The van der Waals surface area contributed by atoms with Crippen molar-refractivity contribution in [2.75, 3.05) is 26.8 Å². The molecule has 4 heteroatoms. The van der Waals surface area contributed by atoms with Crippen molar-refractivity contribution >= 4 is 9.28 Å². The molecule has 12 heavy (non-hydrogen) atoms. The number of rotatable bonds is 8. The lowest BCUT2D eigenvalue weighted by atomic mass is 10.5. The highest BCUT2D eigenvalue weighted by atomic mass is 28.3. The first kappa shape index (κ1) is 12.1. The van der Waals surface area contributed by atoms with E-state index >= 15 is 0 Å². The van der Waals surface area contributed by atoms with Crippen molar-refractivity contribution in [3.63, 3.8) is 0 Å². The smallest absolute Gasteiger partial charge is 0.321 e.